The molecule has 1 saturated heterocycles. The van der Waals surface area contributed by atoms with Gasteiger partial charge in [-0.2, -0.15) is 0 Å². The van der Waals surface area contributed by atoms with Gasteiger partial charge < -0.3 is 15.0 Å². The van der Waals surface area contributed by atoms with Gasteiger partial charge in [0.15, 0.2) is 0 Å². The highest BCUT2D eigenvalue weighted by Gasteiger charge is 2.27. The molecule has 0 aliphatic carbocycles. The summed E-state index contributed by atoms with van der Waals surface area (Å²) in [5.74, 6) is 0.138. The highest BCUT2D eigenvalue weighted by Crippen LogP contribution is 2.27. The van der Waals surface area contributed by atoms with Crippen molar-refractivity contribution in [3.8, 4) is 5.75 Å². The average Bonchev–Trinajstić information content (AvgIpc) is 2.70. The number of halogens is 1. The molecule has 0 bridgehead atoms. The maximum Gasteiger partial charge on any atom is 0.227 e. The number of nitrogens with zero attached hydrogens (tertiary/aromatic N) is 1. The number of benzene rings is 2. The van der Waals surface area contributed by atoms with Crippen LogP contribution >= 0.6 is 0 Å². The molecule has 28 heavy (non-hydrogen) atoms. The number of amides is 2. The molecule has 5 nitrogen and oxygen atoms in total. The molecule has 0 unspecified atom stereocenters. The zero-order valence-electron chi connectivity index (χ0n) is 16.2. The summed E-state index contributed by atoms with van der Waals surface area (Å²) in [6.45, 7) is 3.05. The Bertz CT molecular complexity index is 843. The normalized spacial score (nSPS) is 14.6. The van der Waals surface area contributed by atoms with Crippen molar-refractivity contribution in [2.75, 3.05) is 25.5 Å². The Morgan fingerprint density at radius 2 is 1.82 bits per heavy atom. The van der Waals surface area contributed by atoms with E-state index < -0.39 is 0 Å². The lowest BCUT2D eigenvalue weighted by atomic mass is 9.95. The topological polar surface area (TPSA) is 58.6 Å². The predicted molar refractivity (Wildman–Crippen MR) is 106 cm³/mol. The van der Waals surface area contributed by atoms with E-state index in [0.29, 0.717) is 37.4 Å². The maximum atomic E-state index is 13.0. The molecule has 1 aliphatic heterocycles. The van der Waals surface area contributed by atoms with Crippen LogP contribution in [0.4, 0.5) is 10.1 Å². The number of hydrogen-bond donors (Lipinski definition) is 1. The van der Waals surface area contributed by atoms with Crippen LogP contribution in [0.15, 0.2) is 42.5 Å². The van der Waals surface area contributed by atoms with Gasteiger partial charge in [0, 0.05) is 19.0 Å². The van der Waals surface area contributed by atoms with E-state index in [0.717, 1.165) is 11.1 Å². The summed E-state index contributed by atoms with van der Waals surface area (Å²) < 4.78 is 18.3. The van der Waals surface area contributed by atoms with Gasteiger partial charge in [-0.05, 0) is 55.2 Å². The number of methoxy groups -OCH3 is 1. The maximum absolute atomic E-state index is 13.0. The van der Waals surface area contributed by atoms with Crippen molar-refractivity contribution in [1.29, 1.82) is 0 Å². The van der Waals surface area contributed by atoms with Crippen molar-refractivity contribution >= 4 is 17.5 Å². The number of anilines is 1. The molecule has 2 aromatic carbocycles. The van der Waals surface area contributed by atoms with Crippen LogP contribution in [0.2, 0.25) is 0 Å². The van der Waals surface area contributed by atoms with E-state index in [-0.39, 0.29) is 30.0 Å². The highest BCUT2D eigenvalue weighted by molar-refractivity contribution is 5.94. The number of carbonyl (C=O) groups is 2. The number of piperidine rings is 1. The summed E-state index contributed by atoms with van der Waals surface area (Å²) >= 11 is 0. The molecule has 2 amide bonds. The fraction of sp³-hybridized carbons (Fsp3) is 0.364. The SMILES string of the molecule is COc1ccc(C)cc1NC(=O)C1CCN(C(=O)Cc2ccc(F)cc2)CC1. The predicted octanol–water partition coefficient (Wildman–Crippen LogP) is 3.56. The van der Waals surface area contributed by atoms with Gasteiger partial charge in [0.05, 0.1) is 19.2 Å². The number of aryl methyl sites for hydroxylation is 1. The standard InChI is InChI=1S/C22H25FN2O3/c1-15-3-8-20(28-2)19(13-15)24-22(27)17-9-11-25(12-10-17)21(26)14-16-4-6-18(23)7-5-16/h3-8,13,17H,9-12,14H2,1-2H3,(H,24,27). The van der Waals surface area contributed by atoms with Crippen molar-refractivity contribution in [3.63, 3.8) is 0 Å². The minimum Gasteiger partial charge on any atom is -0.495 e. The molecule has 0 spiro atoms. The van der Waals surface area contributed by atoms with Gasteiger partial charge in [-0.25, -0.2) is 4.39 Å². The van der Waals surface area contributed by atoms with Crippen LogP contribution in [-0.2, 0) is 16.0 Å². The molecular weight excluding hydrogens is 359 g/mol. The van der Waals surface area contributed by atoms with E-state index in [1.807, 2.05) is 25.1 Å². The Balaban J connectivity index is 1.53. The lowest BCUT2D eigenvalue weighted by Gasteiger charge is -2.31. The number of likely N-dealkylation sites (tertiary alicyclic amines) is 1. The quantitative estimate of drug-likeness (QED) is 0.858. The van der Waals surface area contributed by atoms with Gasteiger partial charge in [0.1, 0.15) is 11.6 Å². The smallest absolute Gasteiger partial charge is 0.227 e. The molecule has 1 N–H and O–H groups in total. The summed E-state index contributed by atoms with van der Waals surface area (Å²) in [5, 5.41) is 2.96. The molecule has 1 fully saturated rings. The van der Waals surface area contributed by atoms with Crippen molar-refractivity contribution in [2.24, 2.45) is 5.92 Å². The van der Waals surface area contributed by atoms with Gasteiger partial charge in [-0.15, -0.1) is 0 Å². The second-order valence-corrected chi connectivity index (χ2v) is 7.15. The van der Waals surface area contributed by atoms with Crippen LogP contribution in [0.1, 0.15) is 24.0 Å². The minimum atomic E-state index is -0.312. The lowest BCUT2D eigenvalue weighted by molar-refractivity contribution is -0.133. The van der Waals surface area contributed by atoms with Crippen molar-refractivity contribution in [3.05, 3.63) is 59.4 Å². The first-order chi connectivity index (χ1) is 13.5. The van der Waals surface area contributed by atoms with Gasteiger partial charge >= 0.3 is 0 Å². The van der Waals surface area contributed by atoms with E-state index in [9.17, 15) is 14.0 Å². The van der Waals surface area contributed by atoms with Crippen LogP contribution in [-0.4, -0.2) is 36.9 Å². The highest BCUT2D eigenvalue weighted by atomic mass is 19.1. The second kappa shape index (κ2) is 8.87. The van der Waals surface area contributed by atoms with E-state index in [1.54, 1.807) is 24.1 Å². The zero-order valence-corrected chi connectivity index (χ0v) is 16.2. The summed E-state index contributed by atoms with van der Waals surface area (Å²) in [4.78, 5) is 26.9. The molecule has 148 valence electrons. The molecule has 1 aliphatic rings. The number of nitrogens with one attached hydrogen (secondary N) is 1. The second-order valence-electron chi connectivity index (χ2n) is 7.15. The third kappa shape index (κ3) is 4.88. The lowest BCUT2D eigenvalue weighted by Crippen LogP contribution is -2.42. The number of hydrogen-bond acceptors (Lipinski definition) is 3. The average molecular weight is 384 g/mol. The molecule has 6 heteroatoms. The van der Waals surface area contributed by atoms with Crippen LogP contribution < -0.4 is 10.1 Å². The summed E-state index contributed by atoms with van der Waals surface area (Å²) in [7, 11) is 1.57. The fourth-order valence-corrected chi connectivity index (χ4v) is 3.43. The molecule has 1 heterocycles. The Morgan fingerprint density at radius 3 is 2.46 bits per heavy atom. The van der Waals surface area contributed by atoms with Gasteiger partial charge in [0.2, 0.25) is 11.8 Å². The first-order valence-corrected chi connectivity index (χ1v) is 9.44. The van der Waals surface area contributed by atoms with Gasteiger partial charge in [0.25, 0.3) is 0 Å². The Hall–Kier alpha value is -2.89. The Kier molecular flexibility index (Phi) is 6.29. The Labute approximate surface area is 164 Å². The number of rotatable bonds is 5. The molecular formula is C22H25FN2O3. The van der Waals surface area contributed by atoms with E-state index >= 15 is 0 Å². The fourth-order valence-electron chi connectivity index (χ4n) is 3.43. The van der Waals surface area contributed by atoms with Gasteiger partial charge in [-0.3, -0.25) is 9.59 Å². The third-order valence-electron chi connectivity index (χ3n) is 5.10. The Morgan fingerprint density at radius 1 is 1.14 bits per heavy atom. The van der Waals surface area contributed by atoms with Crippen molar-refractivity contribution in [1.82, 2.24) is 4.90 Å². The monoisotopic (exact) mass is 384 g/mol. The first-order valence-electron chi connectivity index (χ1n) is 9.44. The minimum absolute atomic E-state index is 0.00539. The molecule has 0 saturated carbocycles. The molecule has 0 radical (unpaired) electrons. The van der Waals surface area contributed by atoms with Crippen LogP contribution in [0.3, 0.4) is 0 Å². The number of carbonyl (C=O) groups excluding carboxylic acids is 2. The summed E-state index contributed by atoms with van der Waals surface area (Å²) in [5.41, 5.74) is 2.50. The van der Waals surface area contributed by atoms with E-state index in [2.05, 4.69) is 5.32 Å². The zero-order chi connectivity index (χ0) is 20.1. The first kappa shape index (κ1) is 19.9. The van der Waals surface area contributed by atoms with Gasteiger partial charge in [-0.1, -0.05) is 18.2 Å². The van der Waals surface area contributed by atoms with Crippen LogP contribution in [0.25, 0.3) is 0 Å². The van der Waals surface area contributed by atoms with Crippen molar-refractivity contribution < 1.29 is 18.7 Å². The number of ether oxygens (including phenoxy) is 1. The van der Waals surface area contributed by atoms with Crippen LogP contribution in [0.5, 0.6) is 5.75 Å². The van der Waals surface area contributed by atoms with Crippen LogP contribution in [0, 0.1) is 18.7 Å². The third-order valence-corrected chi connectivity index (χ3v) is 5.10. The summed E-state index contributed by atoms with van der Waals surface area (Å²) in [6.07, 6.45) is 1.49. The molecule has 0 atom stereocenters. The van der Waals surface area contributed by atoms with E-state index in [4.69, 9.17) is 4.74 Å². The van der Waals surface area contributed by atoms with E-state index in [1.165, 1.54) is 12.1 Å². The molecule has 3 rings (SSSR count). The van der Waals surface area contributed by atoms with Crippen molar-refractivity contribution in [2.45, 2.75) is 26.2 Å². The largest absolute Gasteiger partial charge is 0.495 e. The summed E-state index contributed by atoms with van der Waals surface area (Å²) in [6, 6.07) is 11.6. The molecule has 2 aromatic rings. The molecule has 0 aromatic heterocycles.